The van der Waals surface area contributed by atoms with E-state index in [1.54, 1.807) is 0 Å². The van der Waals surface area contributed by atoms with Crippen molar-refractivity contribution in [3.63, 3.8) is 0 Å². The first-order chi connectivity index (χ1) is 12.3. The third-order valence-electron chi connectivity index (χ3n) is 5.33. The van der Waals surface area contributed by atoms with E-state index in [2.05, 4.69) is 72.8 Å². The van der Waals surface area contributed by atoms with Crippen molar-refractivity contribution in [2.24, 2.45) is 0 Å². The second-order valence-corrected chi connectivity index (χ2v) is 6.85. The van der Waals surface area contributed by atoms with Crippen LogP contribution in [0.4, 0.5) is 5.69 Å². The van der Waals surface area contributed by atoms with Crippen molar-refractivity contribution in [1.82, 2.24) is 0 Å². The van der Waals surface area contributed by atoms with Gasteiger partial charge in [0.1, 0.15) is 0 Å². The van der Waals surface area contributed by atoms with E-state index in [9.17, 15) is 0 Å². The first-order valence-corrected chi connectivity index (χ1v) is 8.76. The minimum Gasteiger partial charge on any atom is -0.399 e. The quantitative estimate of drug-likeness (QED) is 0.370. The Morgan fingerprint density at radius 1 is 0.600 bits per heavy atom. The molecule has 1 nitrogen and oxygen atoms in total. The zero-order valence-electron chi connectivity index (χ0n) is 14.0. The van der Waals surface area contributed by atoms with Crippen LogP contribution in [0.5, 0.6) is 0 Å². The van der Waals surface area contributed by atoms with Crippen LogP contribution in [0.3, 0.4) is 0 Å². The molecule has 0 saturated carbocycles. The molecule has 0 fully saturated rings. The lowest BCUT2D eigenvalue weighted by molar-refractivity contribution is 1.08. The number of nitrogen functional groups attached to an aromatic ring is 1. The molecule has 1 aliphatic carbocycles. The van der Waals surface area contributed by atoms with Crippen LogP contribution in [-0.4, -0.2) is 0 Å². The Hall–Kier alpha value is -3.06. The molecule has 0 heterocycles. The van der Waals surface area contributed by atoms with Crippen molar-refractivity contribution in [3.8, 4) is 11.1 Å². The molecule has 0 bridgehead atoms. The van der Waals surface area contributed by atoms with Gasteiger partial charge >= 0.3 is 0 Å². The van der Waals surface area contributed by atoms with E-state index in [1.165, 1.54) is 44.2 Å². The fourth-order valence-electron chi connectivity index (χ4n) is 4.09. The Balaban J connectivity index is 1.88. The highest BCUT2D eigenvalue weighted by molar-refractivity contribution is 5.94. The summed E-state index contributed by atoms with van der Waals surface area (Å²) in [6.45, 7) is 0. The van der Waals surface area contributed by atoms with E-state index >= 15 is 0 Å². The summed E-state index contributed by atoms with van der Waals surface area (Å²) in [5.74, 6) is 0. The van der Waals surface area contributed by atoms with Crippen LogP contribution in [0.15, 0.2) is 78.9 Å². The van der Waals surface area contributed by atoms with Crippen molar-refractivity contribution in [2.45, 2.75) is 12.8 Å². The van der Waals surface area contributed by atoms with Gasteiger partial charge in [0.2, 0.25) is 0 Å². The van der Waals surface area contributed by atoms with Gasteiger partial charge in [0.05, 0.1) is 0 Å². The second kappa shape index (κ2) is 5.49. The smallest absolute Gasteiger partial charge is 0.0320 e. The number of fused-ring (bicyclic) bond motifs is 6. The molecule has 2 N–H and O–H groups in total. The number of benzene rings is 4. The molecule has 0 unspecified atom stereocenters. The van der Waals surface area contributed by atoms with E-state index in [1.807, 2.05) is 6.07 Å². The third-order valence-corrected chi connectivity index (χ3v) is 5.33. The molecule has 0 saturated heterocycles. The molecular weight excluding hydrogens is 302 g/mol. The SMILES string of the molecule is Nc1ccc2c3c(ccc2c1)-c1ccccc1Cc1ccccc1C3. The van der Waals surface area contributed by atoms with Gasteiger partial charge in [-0.1, -0.05) is 66.7 Å². The zero-order valence-corrected chi connectivity index (χ0v) is 14.0. The Bertz CT molecular complexity index is 1110. The number of hydrogen-bond donors (Lipinski definition) is 1. The molecule has 120 valence electrons. The van der Waals surface area contributed by atoms with Crippen molar-refractivity contribution in [2.75, 3.05) is 5.73 Å². The van der Waals surface area contributed by atoms with E-state index in [-0.39, 0.29) is 0 Å². The molecule has 0 atom stereocenters. The summed E-state index contributed by atoms with van der Waals surface area (Å²) in [6.07, 6.45) is 1.95. The fourth-order valence-corrected chi connectivity index (χ4v) is 4.09. The maximum absolute atomic E-state index is 6.01. The van der Waals surface area contributed by atoms with Gasteiger partial charge in [-0.3, -0.25) is 0 Å². The lowest BCUT2D eigenvalue weighted by atomic mass is 9.82. The first-order valence-electron chi connectivity index (χ1n) is 8.76. The summed E-state index contributed by atoms with van der Waals surface area (Å²) >= 11 is 0. The van der Waals surface area contributed by atoms with Crippen LogP contribution in [-0.2, 0) is 12.8 Å². The monoisotopic (exact) mass is 321 g/mol. The highest BCUT2D eigenvalue weighted by atomic mass is 14.5. The van der Waals surface area contributed by atoms with Gasteiger partial charge in [0, 0.05) is 5.69 Å². The van der Waals surface area contributed by atoms with E-state index in [0.717, 1.165) is 18.5 Å². The average Bonchev–Trinajstić information content (AvgIpc) is 2.62. The average molecular weight is 321 g/mol. The van der Waals surface area contributed by atoms with E-state index < -0.39 is 0 Å². The molecule has 0 amide bonds. The Morgan fingerprint density at radius 3 is 2.16 bits per heavy atom. The maximum atomic E-state index is 6.01. The molecule has 0 radical (unpaired) electrons. The zero-order chi connectivity index (χ0) is 16.8. The van der Waals surface area contributed by atoms with Gasteiger partial charge in [-0.25, -0.2) is 0 Å². The molecule has 4 aromatic rings. The Labute approximate surface area is 147 Å². The van der Waals surface area contributed by atoms with Gasteiger partial charge in [-0.15, -0.1) is 0 Å². The van der Waals surface area contributed by atoms with Gasteiger partial charge in [-0.05, 0) is 69.1 Å². The predicted molar refractivity (Wildman–Crippen MR) is 106 cm³/mol. The number of hydrogen-bond acceptors (Lipinski definition) is 1. The van der Waals surface area contributed by atoms with Gasteiger partial charge < -0.3 is 5.73 Å². The summed E-state index contributed by atoms with van der Waals surface area (Å²) < 4.78 is 0. The summed E-state index contributed by atoms with van der Waals surface area (Å²) in [5.41, 5.74) is 15.2. The van der Waals surface area contributed by atoms with E-state index in [4.69, 9.17) is 5.73 Å². The van der Waals surface area contributed by atoms with Crippen molar-refractivity contribution in [3.05, 3.63) is 101 Å². The Kier molecular flexibility index (Phi) is 3.14. The molecule has 4 aromatic carbocycles. The van der Waals surface area contributed by atoms with Crippen LogP contribution in [0, 0.1) is 0 Å². The summed E-state index contributed by atoms with van der Waals surface area (Å²) in [6, 6.07) is 28.4. The number of nitrogens with two attached hydrogens (primary N) is 1. The van der Waals surface area contributed by atoms with Gasteiger partial charge in [0.25, 0.3) is 0 Å². The van der Waals surface area contributed by atoms with Crippen LogP contribution < -0.4 is 5.73 Å². The summed E-state index contributed by atoms with van der Waals surface area (Å²) in [4.78, 5) is 0. The van der Waals surface area contributed by atoms with Crippen molar-refractivity contribution < 1.29 is 0 Å². The van der Waals surface area contributed by atoms with Crippen LogP contribution in [0.25, 0.3) is 21.9 Å². The molecule has 1 aliphatic rings. The molecule has 0 spiro atoms. The maximum Gasteiger partial charge on any atom is 0.0320 e. The number of anilines is 1. The number of rotatable bonds is 0. The summed E-state index contributed by atoms with van der Waals surface area (Å²) in [5, 5.41) is 2.52. The largest absolute Gasteiger partial charge is 0.399 e. The van der Waals surface area contributed by atoms with Crippen LogP contribution >= 0.6 is 0 Å². The Morgan fingerprint density at radius 2 is 1.32 bits per heavy atom. The van der Waals surface area contributed by atoms with E-state index in [0.29, 0.717) is 0 Å². The lowest BCUT2D eigenvalue weighted by Gasteiger charge is -2.21. The molecule has 5 rings (SSSR count). The standard InChI is InChI=1S/C24H19N/c25-20-10-12-22-19(14-20)9-11-23-21-8-4-3-7-18(21)13-16-5-1-2-6-17(16)15-24(22)23/h1-12,14H,13,15,25H2. The first kappa shape index (κ1) is 14.3. The van der Waals surface area contributed by atoms with Crippen LogP contribution in [0.2, 0.25) is 0 Å². The fraction of sp³-hybridized carbons (Fsp3) is 0.0833. The predicted octanol–water partition coefficient (Wildman–Crippen LogP) is 5.58. The molecule has 25 heavy (non-hydrogen) atoms. The van der Waals surface area contributed by atoms with Gasteiger partial charge in [0.15, 0.2) is 0 Å². The van der Waals surface area contributed by atoms with Crippen LogP contribution in [0.1, 0.15) is 22.3 Å². The third kappa shape index (κ3) is 2.32. The van der Waals surface area contributed by atoms with Crippen molar-refractivity contribution >= 4 is 16.5 Å². The minimum atomic E-state index is 0.819. The molecule has 0 aromatic heterocycles. The highest BCUT2D eigenvalue weighted by Crippen LogP contribution is 2.37. The van der Waals surface area contributed by atoms with Gasteiger partial charge in [-0.2, -0.15) is 0 Å². The second-order valence-electron chi connectivity index (χ2n) is 6.85. The summed E-state index contributed by atoms with van der Waals surface area (Å²) in [7, 11) is 0. The topological polar surface area (TPSA) is 26.0 Å². The lowest BCUT2D eigenvalue weighted by Crippen LogP contribution is -2.05. The molecular formula is C24H19N. The minimum absolute atomic E-state index is 0.819. The molecule has 0 aliphatic heterocycles. The normalized spacial score (nSPS) is 12.6. The van der Waals surface area contributed by atoms with Crippen molar-refractivity contribution in [1.29, 1.82) is 0 Å². The molecule has 1 heteroatoms. The highest BCUT2D eigenvalue weighted by Gasteiger charge is 2.18.